The first-order chi connectivity index (χ1) is 16.5. The summed E-state index contributed by atoms with van der Waals surface area (Å²) in [5.74, 6) is 1.46. The van der Waals surface area contributed by atoms with Gasteiger partial charge in [0.2, 0.25) is 5.95 Å². The number of imidazole rings is 1. The lowest BCUT2D eigenvalue weighted by Gasteiger charge is -2.15. The number of benzene rings is 2. The number of nitriles is 1. The second-order valence-electron chi connectivity index (χ2n) is 7.87. The summed E-state index contributed by atoms with van der Waals surface area (Å²) in [4.78, 5) is 13.5. The van der Waals surface area contributed by atoms with Crippen molar-refractivity contribution in [1.82, 2.24) is 29.7 Å². The zero-order chi connectivity index (χ0) is 23.7. The van der Waals surface area contributed by atoms with Crippen LogP contribution in [0.4, 0.5) is 11.6 Å². The predicted molar refractivity (Wildman–Crippen MR) is 128 cm³/mol. The minimum absolute atomic E-state index is 0.348. The largest absolute Gasteiger partial charge is 0.436 e. The lowest BCUT2D eigenvalue weighted by Crippen LogP contribution is -2.03. The van der Waals surface area contributed by atoms with Gasteiger partial charge in [0.05, 0.1) is 30.4 Å². The Hall–Kier alpha value is -4.84. The van der Waals surface area contributed by atoms with Crippen LogP contribution in [0.2, 0.25) is 0 Å². The van der Waals surface area contributed by atoms with Gasteiger partial charge >= 0.3 is 0 Å². The molecule has 9 nitrogen and oxygen atoms in total. The van der Waals surface area contributed by atoms with Gasteiger partial charge in [-0.3, -0.25) is 0 Å². The lowest BCUT2D eigenvalue weighted by atomic mass is 10.0. The number of ether oxygens (including phenoxy) is 1. The Balaban J connectivity index is 1.53. The van der Waals surface area contributed by atoms with Crippen LogP contribution in [0.1, 0.15) is 16.7 Å². The fraction of sp³-hybridized carbons (Fsp3) is 0.120. The van der Waals surface area contributed by atoms with Crippen molar-refractivity contribution in [1.29, 1.82) is 5.26 Å². The van der Waals surface area contributed by atoms with E-state index >= 15 is 0 Å². The van der Waals surface area contributed by atoms with Crippen LogP contribution in [0.25, 0.3) is 22.3 Å². The van der Waals surface area contributed by atoms with Crippen LogP contribution in [0, 0.1) is 25.2 Å². The van der Waals surface area contributed by atoms with Crippen LogP contribution >= 0.6 is 0 Å². The van der Waals surface area contributed by atoms with Crippen molar-refractivity contribution in [2.24, 2.45) is 7.05 Å². The molecule has 0 aliphatic heterocycles. The SMILES string of the molecule is Cc1cc(-c2ccnnc2)cc(C)c1Oc1nc(Nc2ccc(C#N)cc2)nc2ncn(C)c12. The van der Waals surface area contributed by atoms with Crippen LogP contribution < -0.4 is 10.1 Å². The molecule has 0 bridgehead atoms. The molecule has 3 heterocycles. The summed E-state index contributed by atoms with van der Waals surface area (Å²) in [5, 5.41) is 20.0. The number of aryl methyl sites for hydroxylation is 3. The fourth-order valence-electron chi connectivity index (χ4n) is 3.74. The normalized spacial score (nSPS) is 10.8. The van der Waals surface area contributed by atoms with E-state index in [2.05, 4.69) is 48.7 Å². The van der Waals surface area contributed by atoms with Crippen molar-refractivity contribution in [2.75, 3.05) is 5.32 Å². The molecule has 3 aromatic heterocycles. The molecule has 5 rings (SSSR count). The highest BCUT2D eigenvalue weighted by Crippen LogP contribution is 2.35. The summed E-state index contributed by atoms with van der Waals surface area (Å²) < 4.78 is 8.21. The highest BCUT2D eigenvalue weighted by atomic mass is 16.5. The summed E-state index contributed by atoms with van der Waals surface area (Å²) >= 11 is 0. The Kier molecular flexibility index (Phi) is 5.32. The van der Waals surface area contributed by atoms with Gasteiger partial charge in [0.15, 0.2) is 11.2 Å². The summed E-state index contributed by atoms with van der Waals surface area (Å²) in [5.41, 5.74) is 6.47. The number of nitrogens with one attached hydrogen (secondary N) is 1. The van der Waals surface area contributed by atoms with Crippen molar-refractivity contribution in [3.8, 4) is 28.8 Å². The summed E-state index contributed by atoms with van der Waals surface area (Å²) in [6.45, 7) is 4.00. The molecule has 0 aliphatic carbocycles. The van der Waals surface area contributed by atoms with Crippen molar-refractivity contribution in [2.45, 2.75) is 13.8 Å². The van der Waals surface area contributed by atoms with E-state index in [9.17, 15) is 0 Å². The maximum Gasteiger partial charge on any atom is 0.250 e. The van der Waals surface area contributed by atoms with Gasteiger partial charge in [-0.05, 0) is 73.0 Å². The molecule has 5 aromatic rings. The van der Waals surface area contributed by atoms with Gasteiger partial charge in [-0.2, -0.15) is 25.4 Å². The number of hydrogen-bond donors (Lipinski definition) is 1. The second-order valence-corrected chi connectivity index (χ2v) is 7.87. The van der Waals surface area contributed by atoms with Gasteiger partial charge < -0.3 is 14.6 Å². The molecule has 0 spiro atoms. The smallest absolute Gasteiger partial charge is 0.250 e. The van der Waals surface area contributed by atoms with E-state index in [1.165, 1.54) is 0 Å². The van der Waals surface area contributed by atoms with E-state index in [0.717, 1.165) is 33.7 Å². The van der Waals surface area contributed by atoms with Crippen molar-refractivity contribution < 1.29 is 4.74 Å². The van der Waals surface area contributed by atoms with E-state index in [1.54, 1.807) is 43.0 Å². The third-order valence-electron chi connectivity index (χ3n) is 5.39. The van der Waals surface area contributed by atoms with Crippen LogP contribution in [0.3, 0.4) is 0 Å². The van der Waals surface area contributed by atoms with E-state index < -0.39 is 0 Å². The predicted octanol–water partition coefficient (Wildman–Crippen LogP) is 4.84. The summed E-state index contributed by atoms with van der Waals surface area (Å²) in [6.07, 6.45) is 5.09. The van der Waals surface area contributed by atoms with Crippen LogP contribution in [-0.2, 0) is 7.05 Å². The topological polar surface area (TPSA) is 114 Å². The molecule has 0 radical (unpaired) electrons. The van der Waals surface area contributed by atoms with Crippen LogP contribution in [-0.4, -0.2) is 29.7 Å². The molecule has 0 saturated heterocycles. The van der Waals surface area contributed by atoms with E-state index in [4.69, 9.17) is 10.00 Å². The van der Waals surface area contributed by atoms with Gasteiger partial charge in [-0.25, -0.2) is 4.98 Å². The van der Waals surface area contributed by atoms with Gasteiger partial charge in [0.25, 0.3) is 5.88 Å². The Morgan fingerprint density at radius 1 is 0.971 bits per heavy atom. The fourth-order valence-corrected chi connectivity index (χ4v) is 3.74. The van der Waals surface area contributed by atoms with E-state index in [-0.39, 0.29) is 0 Å². The van der Waals surface area contributed by atoms with Crippen molar-refractivity contribution in [3.63, 3.8) is 0 Å². The van der Waals surface area contributed by atoms with Crippen LogP contribution in [0.5, 0.6) is 11.6 Å². The van der Waals surface area contributed by atoms with Gasteiger partial charge in [0, 0.05) is 18.3 Å². The molecule has 0 aliphatic rings. The molecule has 0 fully saturated rings. The molecular weight excluding hydrogens is 428 g/mol. The van der Waals surface area contributed by atoms with Gasteiger partial charge in [0.1, 0.15) is 5.75 Å². The lowest BCUT2D eigenvalue weighted by molar-refractivity contribution is 0.459. The molecule has 9 heteroatoms. The molecule has 0 saturated carbocycles. The quantitative estimate of drug-likeness (QED) is 0.406. The molecular formula is C25H20N8O. The molecule has 0 atom stereocenters. The first-order valence-electron chi connectivity index (χ1n) is 10.5. The number of rotatable bonds is 5. The monoisotopic (exact) mass is 448 g/mol. The number of hydrogen-bond acceptors (Lipinski definition) is 8. The number of anilines is 2. The molecule has 34 heavy (non-hydrogen) atoms. The standard InChI is InChI=1S/C25H20N8O/c1-15-10-19(18-8-9-28-29-13-18)11-16(2)22(15)34-24-21-23(27-14-33(21)3)31-25(32-24)30-20-6-4-17(12-26)5-7-20/h4-11,13-14H,1-3H3,(H,30,31,32). The third kappa shape index (κ3) is 4.00. The second kappa shape index (κ2) is 8.60. The molecule has 0 amide bonds. The molecule has 2 aromatic carbocycles. The number of nitrogens with zero attached hydrogens (tertiary/aromatic N) is 7. The van der Waals surface area contributed by atoms with Gasteiger partial charge in [-0.15, -0.1) is 0 Å². The van der Waals surface area contributed by atoms with Crippen molar-refractivity contribution >= 4 is 22.8 Å². The Labute approximate surface area is 195 Å². The minimum atomic E-state index is 0.348. The molecule has 0 unspecified atom stereocenters. The highest BCUT2D eigenvalue weighted by molar-refractivity contribution is 5.79. The average Bonchev–Trinajstić information content (AvgIpc) is 3.23. The first-order valence-corrected chi connectivity index (χ1v) is 10.5. The van der Waals surface area contributed by atoms with Crippen molar-refractivity contribution in [3.05, 3.63) is 77.9 Å². The Bertz CT molecular complexity index is 1510. The highest BCUT2D eigenvalue weighted by Gasteiger charge is 2.17. The maximum atomic E-state index is 9.01. The summed E-state index contributed by atoms with van der Waals surface area (Å²) in [6, 6.07) is 15.2. The molecule has 166 valence electrons. The zero-order valence-electron chi connectivity index (χ0n) is 18.8. The summed E-state index contributed by atoms with van der Waals surface area (Å²) in [7, 11) is 1.87. The Morgan fingerprint density at radius 3 is 2.41 bits per heavy atom. The van der Waals surface area contributed by atoms with Crippen LogP contribution in [0.15, 0.2) is 61.2 Å². The zero-order valence-corrected chi connectivity index (χ0v) is 18.8. The van der Waals surface area contributed by atoms with E-state index in [1.807, 2.05) is 31.5 Å². The van der Waals surface area contributed by atoms with E-state index in [0.29, 0.717) is 28.6 Å². The number of fused-ring (bicyclic) bond motifs is 1. The maximum absolute atomic E-state index is 9.01. The minimum Gasteiger partial charge on any atom is -0.436 e. The number of aromatic nitrogens is 6. The third-order valence-corrected chi connectivity index (χ3v) is 5.39. The average molecular weight is 448 g/mol. The van der Waals surface area contributed by atoms with Gasteiger partial charge in [-0.1, -0.05) is 0 Å². The Morgan fingerprint density at radius 2 is 1.74 bits per heavy atom. The molecule has 1 N–H and O–H groups in total. The first kappa shape index (κ1) is 21.0.